The normalized spacial score (nSPS) is 11.0. The highest BCUT2D eigenvalue weighted by atomic mass is 35.5. The third-order valence-corrected chi connectivity index (χ3v) is 3.80. The van der Waals surface area contributed by atoms with Crippen molar-refractivity contribution in [1.82, 2.24) is 0 Å². The Hall–Kier alpha value is -2.53. The number of carbonyl (C=O) groups excluding carboxylic acids is 2. The van der Waals surface area contributed by atoms with Gasteiger partial charge in [0.15, 0.2) is 0 Å². The van der Waals surface area contributed by atoms with Crippen molar-refractivity contribution in [2.24, 2.45) is 0 Å². The van der Waals surface area contributed by atoms with E-state index in [2.05, 4.69) is 5.32 Å². The Morgan fingerprint density at radius 1 is 1.12 bits per heavy atom. The van der Waals surface area contributed by atoms with Crippen LogP contribution in [0.4, 0.5) is 10.5 Å². The summed E-state index contributed by atoms with van der Waals surface area (Å²) in [4.78, 5) is 24.1. The van der Waals surface area contributed by atoms with Gasteiger partial charge in [0.05, 0.1) is 6.42 Å². The van der Waals surface area contributed by atoms with Gasteiger partial charge in [0, 0.05) is 10.7 Å². The number of carbonyl (C=O) groups is 2. The number of hydrogen-bond acceptors (Lipinski definition) is 4. The summed E-state index contributed by atoms with van der Waals surface area (Å²) >= 11 is 6.23. The molecule has 6 heteroatoms. The molecule has 5 nitrogen and oxygen atoms in total. The van der Waals surface area contributed by atoms with Crippen molar-refractivity contribution >= 4 is 29.4 Å². The fourth-order valence-corrected chi connectivity index (χ4v) is 2.50. The van der Waals surface area contributed by atoms with Gasteiger partial charge >= 0.3 is 12.1 Å². The summed E-state index contributed by atoms with van der Waals surface area (Å²) < 4.78 is 10.5. The molecule has 2 aromatic carbocycles. The summed E-state index contributed by atoms with van der Waals surface area (Å²) in [7, 11) is 0. The van der Waals surface area contributed by atoms with Crippen LogP contribution in [-0.4, -0.2) is 17.7 Å². The van der Waals surface area contributed by atoms with Crippen LogP contribution in [0.3, 0.4) is 0 Å². The predicted octanol–water partition coefficient (Wildman–Crippen LogP) is 5.14. The molecule has 2 aromatic rings. The van der Waals surface area contributed by atoms with Crippen molar-refractivity contribution in [2.75, 3.05) is 5.32 Å². The first-order valence-corrected chi connectivity index (χ1v) is 8.56. The number of rotatable bonds is 4. The molecule has 0 saturated carbocycles. The third kappa shape index (κ3) is 6.08. The number of para-hydroxylation sites is 1. The first-order chi connectivity index (χ1) is 12.1. The van der Waals surface area contributed by atoms with Gasteiger partial charge in [-0.2, -0.15) is 0 Å². The second-order valence-electron chi connectivity index (χ2n) is 6.83. The highest BCUT2D eigenvalue weighted by Crippen LogP contribution is 2.26. The molecule has 0 bridgehead atoms. The lowest BCUT2D eigenvalue weighted by Gasteiger charge is -2.20. The molecule has 0 spiro atoms. The average molecular weight is 376 g/mol. The van der Waals surface area contributed by atoms with Crippen molar-refractivity contribution < 1.29 is 19.1 Å². The first kappa shape index (κ1) is 19.8. The Kier molecular flexibility index (Phi) is 6.27. The molecule has 0 radical (unpaired) electrons. The summed E-state index contributed by atoms with van der Waals surface area (Å²) in [5, 5.41) is 3.07. The number of halogens is 1. The molecule has 0 aliphatic heterocycles. The lowest BCUT2D eigenvalue weighted by atomic mass is 10.0. The van der Waals surface area contributed by atoms with Gasteiger partial charge in [0.1, 0.15) is 11.4 Å². The highest BCUT2D eigenvalue weighted by Gasteiger charge is 2.18. The highest BCUT2D eigenvalue weighted by molar-refractivity contribution is 6.31. The number of amides is 1. The maximum Gasteiger partial charge on any atom is 0.417 e. The van der Waals surface area contributed by atoms with Crippen LogP contribution in [0.25, 0.3) is 0 Å². The van der Waals surface area contributed by atoms with Crippen molar-refractivity contribution in [3.05, 3.63) is 58.6 Å². The number of ether oxygens (including phenoxy) is 2. The minimum atomic E-state index is -0.640. The van der Waals surface area contributed by atoms with Crippen LogP contribution in [0, 0.1) is 6.92 Å². The Bertz CT molecular complexity index is 797. The molecular weight excluding hydrogens is 354 g/mol. The molecule has 1 amide bonds. The Labute approximate surface area is 158 Å². The lowest BCUT2D eigenvalue weighted by molar-refractivity contribution is -0.153. The number of esters is 1. The van der Waals surface area contributed by atoms with Crippen LogP contribution in [0.5, 0.6) is 5.75 Å². The van der Waals surface area contributed by atoms with Gasteiger partial charge in [-0.15, -0.1) is 0 Å². The van der Waals surface area contributed by atoms with Crippen molar-refractivity contribution in [1.29, 1.82) is 0 Å². The molecular formula is C20H22ClNO4. The first-order valence-electron chi connectivity index (χ1n) is 8.19. The largest absolute Gasteiger partial charge is 0.460 e. The van der Waals surface area contributed by atoms with Gasteiger partial charge in [-0.05, 0) is 63.1 Å². The Morgan fingerprint density at radius 2 is 1.77 bits per heavy atom. The van der Waals surface area contributed by atoms with E-state index in [0.717, 1.165) is 5.56 Å². The van der Waals surface area contributed by atoms with Crippen molar-refractivity contribution in [2.45, 2.75) is 39.7 Å². The molecule has 0 heterocycles. The van der Waals surface area contributed by atoms with Crippen LogP contribution < -0.4 is 10.1 Å². The summed E-state index contributed by atoms with van der Waals surface area (Å²) in [6.07, 6.45) is -0.578. The molecule has 0 aliphatic rings. The van der Waals surface area contributed by atoms with E-state index in [0.29, 0.717) is 22.0 Å². The zero-order chi connectivity index (χ0) is 19.3. The lowest BCUT2D eigenvalue weighted by Crippen LogP contribution is -2.25. The Morgan fingerprint density at radius 3 is 2.38 bits per heavy atom. The smallest absolute Gasteiger partial charge is 0.417 e. The molecule has 0 aromatic heterocycles. The quantitative estimate of drug-likeness (QED) is 0.751. The van der Waals surface area contributed by atoms with E-state index in [4.69, 9.17) is 21.1 Å². The van der Waals surface area contributed by atoms with E-state index < -0.39 is 11.7 Å². The van der Waals surface area contributed by atoms with Gasteiger partial charge in [-0.3, -0.25) is 10.1 Å². The summed E-state index contributed by atoms with van der Waals surface area (Å²) in [6.45, 7) is 7.24. The van der Waals surface area contributed by atoms with Crippen LogP contribution in [-0.2, 0) is 16.0 Å². The van der Waals surface area contributed by atoms with E-state index in [1.807, 2.05) is 33.8 Å². The van der Waals surface area contributed by atoms with Gasteiger partial charge < -0.3 is 9.47 Å². The summed E-state index contributed by atoms with van der Waals surface area (Å²) in [5.41, 5.74) is 1.32. The molecule has 0 fully saturated rings. The average Bonchev–Trinajstić information content (AvgIpc) is 2.51. The maximum absolute atomic E-state index is 12.1. The molecule has 0 saturated heterocycles. The second kappa shape index (κ2) is 8.23. The SMILES string of the molecule is Cc1c(Cl)cc(NC(=O)Oc2ccccc2)cc1CC(=O)OC(C)(C)C. The van der Waals surface area contributed by atoms with E-state index in [-0.39, 0.29) is 12.4 Å². The van der Waals surface area contributed by atoms with Gasteiger partial charge in [-0.25, -0.2) is 4.79 Å². The zero-order valence-electron chi connectivity index (χ0n) is 15.3. The Balaban J connectivity index is 2.11. The number of hydrogen-bond donors (Lipinski definition) is 1. The predicted molar refractivity (Wildman–Crippen MR) is 102 cm³/mol. The minimum Gasteiger partial charge on any atom is -0.460 e. The van der Waals surface area contributed by atoms with E-state index >= 15 is 0 Å². The molecule has 0 atom stereocenters. The minimum absolute atomic E-state index is 0.0616. The third-order valence-electron chi connectivity index (χ3n) is 3.41. The van der Waals surface area contributed by atoms with Gasteiger partial charge in [0.25, 0.3) is 0 Å². The second-order valence-corrected chi connectivity index (χ2v) is 7.24. The van der Waals surface area contributed by atoms with E-state index in [1.165, 1.54) is 0 Å². The summed E-state index contributed by atoms with van der Waals surface area (Å²) in [5.74, 6) is 0.0675. The van der Waals surface area contributed by atoms with Crippen LogP contribution in [0.1, 0.15) is 31.9 Å². The molecule has 0 aliphatic carbocycles. The number of anilines is 1. The maximum atomic E-state index is 12.1. The van der Waals surface area contributed by atoms with Gasteiger partial charge in [0.2, 0.25) is 0 Å². The fourth-order valence-electron chi connectivity index (χ4n) is 2.26. The van der Waals surface area contributed by atoms with Crippen LogP contribution in [0.2, 0.25) is 5.02 Å². The van der Waals surface area contributed by atoms with Crippen molar-refractivity contribution in [3.8, 4) is 5.75 Å². The molecule has 1 N–H and O–H groups in total. The monoisotopic (exact) mass is 375 g/mol. The van der Waals surface area contributed by atoms with Crippen molar-refractivity contribution in [3.63, 3.8) is 0 Å². The van der Waals surface area contributed by atoms with E-state index in [9.17, 15) is 9.59 Å². The molecule has 26 heavy (non-hydrogen) atoms. The topological polar surface area (TPSA) is 64.6 Å². The van der Waals surface area contributed by atoms with Crippen LogP contribution in [0.15, 0.2) is 42.5 Å². The fraction of sp³-hybridized carbons (Fsp3) is 0.300. The standard InChI is InChI=1S/C20H22ClNO4/c1-13-14(11-18(23)26-20(2,3)4)10-15(12-17(13)21)22-19(24)25-16-8-6-5-7-9-16/h5-10,12H,11H2,1-4H3,(H,22,24). The molecule has 2 rings (SSSR count). The van der Waals surface area contributed by atoms with Gasteiger partial charge in [-0.1, -0.05) is 29.8 Å². The number of nitrogens with one attached hydrogen (secondary N) is 1. The molecule has 138 valence electrons. The molecule has 0 unspecified atom stereocenters. The van der Waals surface area contributed by atoms with E-state index in [1.54, 1.807) is 36.4 Å². The summed E-state index contributed by atoms with van der Waals surface area (Å²) in [6, 6.07) is 12.0. The zero-order valence-corrected chi connectivity index (χ0v) is 16.0. The van der Waals surface area contributed by atoms with Crippen LogP contribution >= 0.6 is 11.6 Å². The number of benzene rings is 2.